The van der Waals surface area contributed by atoms with Crippen LogP contribution in [0.5, 0.6) is 0 Å². The molecule has 0 aromatic heterocycles. The molecule has 0 N–H and O–H groups in total. The first-order valence-corrected chi connectivity index (χ1v) is 6.92. The van der Waals surface area contributed by atoms with Gasteiger partial charge < -0.3 is 0 Å². The zero-order valence-electron chi connectivity index (χ0n) is 12.0. The molecule has 0 bridgehead atoms. The van der Waals surface area contributed by atoms with Crippen molar-refractivity contribution in [3.63, 3.8) is 0 Å². The fourth-order valence-corrected chi connectivity index (χ4v) is 1.73. The van der Waals surface area contributed by atoms with Crippen molar-refractivity contribution in [3.8, 4) is 0 Å². The van der Waals surface area contributed by atoms with Crippen LogP contribution in [0.4, 0.5) is 0 Å². The molecule has 102 valence electrons. The van der Waals surface area contributed by atoms with Crippen LogP contribution in [-0.4, -0.2) is 24.5 Å². The van der Waals surface area contributed by atoms with E-state index in [2.05, 4.69) is 23.8 Å². The van der Waals surface area contributed by atoms with Crippen molar-refractivity contribution in [2.45, 2.75) is 25.9 Å². The summed E-state index contributed by atoms with van der Waals surface area (Å²) in [6, 6.07) is 20.6. The molecule has 0 fully saturated rings. The van der Waals surface area contributed by atoms with E-state index in [1.807, 2.05) is 73.1 Å². The second-order valence-electron chi connectivity index (χ2n) is 4.86. The van der Waals surface area contributed by atoms with E-state index in [4.69, 9.17) is 0 Å². The van der Waals surface area contributed by atoms with Gasteiger partial charge in [-0.2, -0.15) is 0 Å². The van der Waals surface area contributed by atoms with Crippen molar-refractivity contribution in [2.24, 2.45) is 9.98 Å². The second-order valence-corrected chi connectivity index (χ2v) is 4.86. The van der Waals surface area contributed by atoms with Crippen molar-refractivity contribution in [1.29, 1.82) is 0 Å². The summed E-state index contributed by atoms with van der Waals surface area (Å²) in [5, 5.41) is 0. The average Bonchev–Trinajstić information content (AvgIpc) is 2.52. The Balaban J connectivity index is 1.94. The predicted molar refractivity (Wildman–Crippen MR) is 87.0 cm³/mol. The summed E-state index contributed by atoms with van der Waals surface area (Å²) in [5.74, 6) is 0. The number of benzene rings is 2. The molecule has 0 aliphatic rings. The molecular weight excluding hydrogens is 244 g/mol. The number of hydrogen-bond acceptors (Lipinski definition) is 2. The minimum absolute atomic E-state index is 0.162. The van der Waals surface area contributed by atoms with Crippen LogP contribution in [0, 0.1) is 0 Å². The van der Waals surface area contributed by atoms with Crippen LogP contribution in [0.1, 0.15) is 25.0 Å². The van der Waals surface area contributed by atoms with Crippen molar-refractivity contribution in [3.05, 3.63) is 71.8 Å². The van der Waals surface area contributed by atoms with Crippen LogP contribution in [0.25, 0.3) is 0 Å². The summed E-state index contributed by atoms with van der Waals surface area (Å²) >= 11 is 0. The Morgan fingerprint density at radius 2 is 1.00 bits per heavy atom. The molecular formula is C18H20N2. The van der Waals surface area contributed by atoms with Crippen molar-refractivity contribution in [2.75, 3.05) is 0 Å². The molecule has 0 heterocycles. The van der Waals surface area contributed by atoms with E-state index in [1.165, 1.54) is 0 Å². The van der Waals surface area contributed by atoms with Gasteiger partial charge in [0, 0.05) is 12.4 Å². The lowest BCUT2D eigenvalue weighted by atomic mass is 10.2. The molecule has 0 amide bonds. The zero-order chi connectivity index (χ0) is 14.2. The van der Waals surface area contributed by atoms with Gasteiger partial charge in [-0.3, -0.25) is 9.98 Å². The zero-order valence-corrected chi connectivity index (χ0v) is 12.0. The van der Waals surface area contributed by atoms with E-state index in [1.54, 1.807) is 0 Å². The van der Waals surface area contributed by atoms with Crippen LogP contribution in [0.3, 0.4) is 0 Å². The molecule has 0 spiro atoms. The van der Waals surface area contributed by atoms with Gasteiger partial charge in [0.2, 0.25) is 0 Å². The predicted octanol–water partition coefficient (Wildman–Crippen LogP) is 4.00. The molecule has 2 atom stereocenters. The number of aliphatic imine (C=N–C) groups is 2. The summed E-state index contributed by atoms with van der Waals surface area (Å²) in [6.45, 7) is 4.18. The SMILES string of the molecule is C[C@@H](N=Cc1ccccc1)[C@@H](C)N=Cc1ccccc1. The van der Waals surface area contributed by atoms with E-state index in [9.17, 15) is 0 Å². The summed E-state index contributed by atoms with van der Waals surface area (Å²) in [4.78, 5) is 9.14. The summed E-state index contributed by atoms with van der Waals surface area (Å²) in [5.41, 5.74) is 2.25. The Kier molecular flexibility index (Phi) is 5.24. The second kappa shape index (κ2) is 7.39. The maximum atomic E-state index is 4.57. The largest absolute Gasteiger partial charge is 0.287 e. The molecule has 2 aromatic carbocycles. The van der Waals surface area contributed by atoms with Crippen molar-refractivity contribution < 1.29 is 0 Å². The smallest absolute Gasteiger partial charge is 0.0692 e. The van der Waals surface area contributed by atoms with Gasteiger partial charge >= 0.3 is 0 Å². The van der Waals surface area contributed by atoms with Crippen molar-refractivity contribution in [1.82, 2.24) is 0 Å². The Morgan fingerprint density at radius 3 is 1.35 bits per heavy atom. The molecule has 0 saturated carbocycles. The van der Waals surface area contributed by atoms with E-state index in [-0.39, 0.29) is 12.1 Å². The van der Waals surface area contributed by atoms with Crippen LogP contribution in [0.15, 0.2) is 70.6 Å². The highest BCUT2D eigenvalue weighted by molar-refractivity contribution is 5.80. The average molecular weight is 264 g/mol. The van der Waals surface area contributed by atoms with Gasteiger partial charge in [-0.15, -0.1) is 0 Å². The molecule has 0 saturated heterocycles. The molecule has 2 nitrogen and oxygen atoms in total. The summed E-state index contributed by atoms with van der Waals surface area (Å²) in [7, 11) is 0. The van der Waals surface area contributed by atoms with Crippen LogP contribution < -0.4 is 0 Å². The molecule has 2 rings (SSSR count). The molecule has 0 aliphatic carbocycles. The van der Waals surface area contributed by atoms with Gasteiger partial charge in [0.05, 0.1) is 12.1 Å². The third-order valence-electron chi connectivity index (χ3n) is 3.21. The topological polar surface area (TPSA) is 24.7 Å². The lowest BCUT2D eigenvalue weighted by molar-refractivity contribution is 0.612. The Morgan fingerprint density at radius 1 is 0.650 bits per heavy atom. The first kappa shape index (κ1) is 14.2. The fourth-order valence-electron chi connectivity index (χ4n) is 1.73. The minimum Gasteiger partial charge on any atom is -0.287 e. The van der Waals surface area contributed by atoms with Gasteiger partial charge in [0.25, 0.3) is 0 Å². The summed E-state index contributed by atoms with van der Waals surface area (Å²) in [6.07, 6.45) is 3.83. The standard InChI is InChI=1S/C18H20N2/c1-15(19-13-17-9-5-3-6-10-17)16(2)20-14-18-11-7-4-8-12-18/h3-16H,1-2H3/t15-,16-/m1/s1. The minimum atomic E-state index is 0.162. The first-order valence-electron chi connectivity index (χ1n) is 6.92. The number of nitrogens with zero attached hydrogens (tertiary/aromatic N) is 2. The Labute approximate surface area is 120 Å². The number of rotatable bonds is 5. The Hall–Kier alpha value is -2.22. The normalized spacial score (nSPS) is 14.7. The quantitative estimate of drug-likeness (QED) is 0.729. The van der Waals surface area contributed by atoms with E-state index in [0.29, 0.717) is 0 Å². The van der Waals surface area contributed by atoms with Gasteiger partial charge in [-0.1, -0.05) is 60.7 Å². The van der Waals surface area contributed by atoms with E-state index < -0.39 is 0 Å². The molecule has 0 aliphatic heterocycles. The van der Waals surface area contributed by atoms with Crippen molar-refractivity contribution >= 4 is 12.4 Å². The molecule has 0 unspecified atom stereocenters. The third-order valence-corrected chi connectivity index (χ3v) is 3.21. The molecule has 0 radical (unpaired) electrons. The number of hydrogen-bond donors (Lipinski definition) is 0. The monoisotopic (exact) mass is 264 g/mol. The molecule has 2 heteroatoms. The van der Waals surface area contributed by atoms with Gasteiger partial charge in [0.1, 0.15) is 0 Å². The summed E-state index contributed by atoms with van der Waals surface area (Å²) < 4.78 is 0. The fraction of sp³-hybridized carbons (Fsp3) is 0.222. The van der Waals surface area contributed by atoms with E-state index in [0.717, 1.165) is 11.1 Å². The molecule has 2 aromatic rings. The lowest BCUT2D eigenvalue weighted by Crippen LogP contribution is -2.15. The Bertz CT molecular complexity index is 505. The molecule has 20 heavy (non-hydrogen) atoms. The van der Waals surface area contributed by atoms with E-state index >= 15 is 0 Å². The van der Waals surface area contributed by atoms with Crippen LogP contribution >= 0.6 is 0 Å². The maximum absolute atomic E-state index is 4.57. The van der Waals surface area contributed by atoms with Gasteiger partial charge in [0.15, 0.2) is 0 Å². The first-order chi connectivity index (χ1) is 9.75. The third kappa shape index (κ3) is 4.47. The highest BCUT2D eigenvalue weighted by Crippen LogP contribution is 2.04. The maximum Gasteiger partial charge on any atom is 0.0692 e. The highest BCUT2D eigenvalue weighted by Gasteiger charge is 2.07. The van der Waals surface area contributed by atoms with Crippen LogP contribution in [0.2, 0.25) is 0 Å². The lowest BCUT2D eigenvalue weighted by Gasteiger charge is -2.11. The van der Waals surface area contributed by atoms with Gasteiger partial charge in [-0.05, 0) is 25.0 Å². The van der Waals surface area contributed by atoms with Crippen LogP contribution in [-0.2, 0) is 0 Å². The highest BCUT2D eigenvalue weighted by atomic mass is 14.9. The van der Waals surface area contributed by atoms with Gasteiger partial charge in [-0.25, -0.2) is 0 Å².